The number of halogens is 1. The summed E-state index contributed by atoms with van der Waals surface area (Å²) in [7, 11) is 1.34. The molecule has 78 valence electrons. The second-order valence-electron chi connectivity index (χ2n) is 3.23. The van der Waals surface area contributed by atoms with Crippen molar-refractivity contribution in [3.8, 4) is 0 Å². The molecule has 0 unspecified atom stereocenters. The maximum atomic E-state index is 10.9. The Bertz CT molecular complexity index is 169. The van der Waals surface area contributed by atoms with E-state index in [2.05, 4.69) is 10.1 Å². The lowest BCUT2D eigenvalue weighted by atomic mass is 9.89. The number of esters is 1. The Hall–Kier alpha value is -0.320. The summed E-state index contributed by atoms with van der Waals surface area (Å²) in [5.74, 6) is -0.334. The number of methoxy groups -OCH3 is 1. The van der Waals surface area contributed by atoms with Gasteiger partial charge in [0.2, 0.25) is 0 Å². The Morgan fingerprint density at radius 2 is 2.08 bits per heavy atom. The van der Waals surface area contributed by atoms with Crippen LogP contribution in [0.2, 0.25) is 0 Å². The minimum absolute atomic E-state index is 0. The summed E-state index contributed by atoms with van der Waals surface area (Å²) >= 11 is 0. The smallest absolute Gasteiger partial charge is 0.308 e. The quantitative estimate of drug-likeness (QED) is 0.633. The van der Waals surface area contributed by atoms with Crippen LogP contribution >= 0.6 is 12.4 Å². The van der Waals surface area contributed by atoms with Crippen molar-refractivity contribution in [2.24, 2.45) is 0 Å². The summed E-state index contributed by atoms with van der Waals surface area (Å²) in [4.78, 5) is 10.9. The van der Waals surface area contributed by atoms with E-state index >= 15 is 0 Å². The van der Waals surface area contributed by atoms with Crippen LogP contribution in [0.15, 0.2) is 0 Å². The van der Waals surface area contributed by atoms with E-state index in [-0.39, 0.29) is 24.8 Å². The van der Waals surface area contributed by atoms with Gasteiger partial charge in [-0.05, 0) is 25.9 Å². The highest BCUT2D eigenvalue weighted by atomic mass is 35.5. The molecule has 0 aromatic carbocycles. The van der Waals surface area contributed by atoms with E-state index in [1.807, 2.05) is 0 Å². The van der Waals surface area contributed by atoms with Gasteiger partial charge in [-0.25, -0.2) is 0 Å². The van der Waals surface area contributed by atoms with Gasteiger partial charge in [-0.2, -0.15) is 0 Å². The number of piperidine rings is 1. The highest BCUT2D eigenvalue weighted by Gasteiger charge is 2.31. The molecule has 0 spiro atoms. The van der Waals surface area contributed by atoms with Gasteiger partial charge in [-0.3, -0.25) is 4.79 Å². The molecule has 1 fully saturated rings. The summed E-state index contributed by atoms with van der Waals surface area (Å²) in [6.45, 7) is 1.54. The van der Waals surface area contributed by atoms with Crippen LogP contribution < -0.4 is 5.32 Å². The van der Waals surface area contributed by atoms with Crippen molar-refractivity contribution < 1.29 is 14.6 Å². The number of ether oxygens (including phenoxy) is 1. The minimum Gasteiger partial charge on any atom is -0.469 e. The summed E-state index contributed by atoms with van der Waals surface area (Å²) in [6, 6.07) is 0. The van der Waals surface area contributed by atoms with Gasteiger partial charge in [-0.15, -0.1) is 12.4 Å². The van der Waals surface area contributed by atoms with Crippen LogP contribution in [0.4, 0.5) is 0 Å². The molecule has 0 aliphatic carbocycles. The van der Waals surface area contributed by atoms with Crippen LogP contribution in [0.1, 0.15) is 19.3 Å². The molecule has 1 aliphatic rings. The van der Waals surface area contributed by atoms with Crippen LogP contribution in [0.3, 0.4) is 0 Å². The number of nitrogens with one attached hydrogen (secondary N) is 1. The molecule has 1 rings (SSSR count). The molecule has 0 aromatic rings. The summed E-state index contributed by atoms with van der Waals surface area (Å²) in [5, 5.41) is 13.0. The van der Waals surface area contributed by atoms with Gasteiger partial charge >= 0.3 is 5.97 Å². The zero-order valence-corrected chi connectivity index (χ0v) is 8.52. The molecule has 0 radical (unpaired) electrons. The number of carbonyl (C=O) groups excluding carboxylic acids is 1. The van der Waals surface area contributed by atoms with Crippen LogP contribution in [0.25, 0.3) is 0 Å². The van der Waals surface area contributed by atoms with Gasteiger partial charge in [0.15, 0.2) is 0 Å². The van der Waals surface area contributed by atoms with E-state index in [0.29, 0.717) is 12.8 Å². The molecule has 1 aliphatic heterocycles. The first-order chi connectivity index (χ1) is 5.66. The molecular formula is C8H16ClNO3. The first kappa shape index (κ1) is 12.7. The van der Waals surface area contributed by atoms with Crippen LogP contribution in [0, 0.1) is 0 Å². The van der Waals surface area contributed by atoms with Crippen molar-refractivity contribution in [3.63, 3.8) is 0 Å². The molecule has 13 heavy (non-hydrogen) atoms. The lowest BCUT2D eigenvalue weighted by Gasteiger charge is -2.31. The van der Waals surface area contributed by atoms with Crippen molar-refractivity contribution >= 4 is 18.4 Å². The lowest BCUT2D eigenvalue weighted by Crippen LogP contribution is -2.43. The van der Waals surface area contributed by atoms with Crippen LogP contribution in [-0.2, 0) is 9.53 Å². The normalized spacial score (nSPS) is 20.2. The van der Waals surface area contributed by atoms with E-state index in [4.69, 9.17) is 0 Å². The first-order valence-corrected chi connectivity index (χ1v) is 4.16. The Labute approximate surface area is 84.1 Å². The minimum atomic E-state index is -0.835. The molecule has 1 saturated heterocycles. The van der Waals surface area contributed by atoms with Gasteiger partial charge in [0.1, 0.15) is 0 Å². The predicted octanol–water partition coefficient (Wildman–Crippen LogP) is 0.0858. The average Bonchev–Trinajstić information content (AvgIpc) is 2.05. The monoisotopic (exact) mass is 209 g/mol. The van der Waals surface area contributed by atoms with Crippen LogP contribution in [0.5, 0.6) is 0 Å². The molecule has 4 nitrogen and oxygen atoms in total. The number of aliphatic hydroxyl groups is 1. The van der Waals surface area contributed by atoms with E-state index < -0.39 is 5.60 Å². The third kappa shape index (κ3) is 3.93. The number of carbonyl (C=O) groups is 1. The number of rotatable bonds is 2. The second-order valence-corrected chi connectivity index (χ2v) is 3.23. The average molecular weight is 210 g/mol. The topological polar surface area (TPSA) is 58.6 Å². The third-order valence-corrected chi connectivity index (χ3v) is 2.24. The van der Waals surface area contributed by atoms with E-state index in [1.165, 1.54) is 7.11 Å². The molecule has 1 heterocycles. The maximum Gasteiger partial charge on any atom is 0.308 e. The molecule has 0 amide bonds. The van der Waals surface area contributed by atoms with Gasteiger partial charge < -0.3 is 15.2 Å². The molecular weight excluding hydrogens is 194 g/mol. The first-order valence-electron chi connectivity index (χ1n) is 4.16. The van der Waals surface area contributed by atoms with Gasteiger partial charge in [-0.1, -0.05) is 0 Å². The van der Waals surface area contributed by atoms with Crippen molar-refractivity contribution in [1.29, 1.82) is 0 Å². The molecule has 5 heteroatoms. The fraction of sp³-hybridized carbons (Fsp3) is 0.875. The zero-order chi connectivity index (χ0) is 9.03. The maximum absolute atomic E-state index is 10.9. The fourth-order valence-corrected chi connectivity index (χ4v) is 1.41. The van der Waals surface area contributed by atoms with Gasteiger partial charge in [0.05, 0.1) is 19.1 Å². The molecule has 2 N–H and O–H groups in total. The predicted molar refractivity (Wildman–Crippen MR) is 50.9 cm³/mol. The Kier molecular flexibility index (Phi) is 5.29. The van der Waals surface area contributed by atoms with Crippen molar-refractivity contribution in [1.82, 2.24) is 5.32 Å². The molecule has 0 aromatic heterocycles. The van der Waals surface area contributed by atoms with E-state index in [0.717, 1.165) is 13.1 Å². The van der Waals surface area contributed by atoms with Gasteiger partial charge in [0, 0.05) is 0 Å². The standard InChI is InChI=1S/C8H15NO3.ClH/c1-12-7(10)6-8(11)2-4-9-5-3-8;/h9,11H,2-6H2,1H3;1H. The number of hydrogen-bond donors (Lipinski definition) is 2. The van der Waals surface area contributed by atoms with Crippen molar-refractivity contribution in [2.45, 2.75) is 24.9 Å². The zero-order valence-electron chi connectivity index (χ0n) is 7.71. The molecule has 0 saturated carbocycles. The highest BCUT2D eigenvalue weighted by Crippen LogP contribution is 2.22. The van der Waals surface area contributed by atoms with E-state index in [9.17, 15) is 9.90 Å². The summed E-state index contributed by atoms with van der Waals surface area (Å²) in [5.41, 5.74) is -0.835. The second kappa shape index (κ2) is 5.42. The largest absolute Gasteiger partial charge is 0.469 e. The van der Waals surface area contributed by atoms with E-state index in [1.54, 1.807) is 0 Å². The third-order valence-electron chi connectivity index (χ3n) is 2.24. The van der Waals surface area contributed by atoms with Crippen molar-refractivity contribution in [3.05, 3.63) is 0 Å². The van der Waals surface area contributed by atoms with Crippen molar-refractivity contribution in [2.75, 3.05) is 20.2 Å². The lowest BCUT2D eigenvalue weighted by molar-refractivity contribution is -0.147. The van der Waals surface area contributed by atoms with Crippen LogP contribution in [-0.4, -0.2) is 36.9 Å². The Balaban J connectivity index is 0.00000144. The highest BCUT2D eigenvalue weighted by molar-refractivity contribution is 5.85. The Morgan fingerprint density at radius 3 is 2.54 bits per heavy atom. The molecule has 0 bridgehead atoms. The number of hydrogen-bond acceptors (Lipinski definition) is 4. The Morgan fingerprint density at radius 1 is 1.54 bits per heavy atom. The van der Waals surface area contributed by atoms with Gasteiger partial charge in [0.25, 0.3) is 0 Å². The molecule has 0 atom stereocenters. The summed E-state index contributed by atoms with van der Waals surface area (Å²) in [6.07, 6.45) is 1.37. The SMILES string of the molecule is COC(=O)CC1(O)CCNCC1.Cl. The summed E-state index contributed by atoms with van der Waals surface area (Å²) < 4.78 is 4.50. The fourth-order valence-electron chi connectivity index (χ4n) is 1.41.